The molecule has 164 valence electrons. The number of methoxy groups -OCH3 is 2. The number of guanidine groups is 1. The van der Waals surface area contributed by atoms with Crippen LogP contribution in [-0.4, -0.2) is 64.3 Å². The summed E-state index contributed by atoms with van der Waals surface area (Å²) >= 11 is 0. The number of aliphatic imine (C=N–C) groups is 1. The van der Waals surface area contributed by atoms with Crippen LogP contribution in [0.5, 0.6) is 11.5 Å². The van der Waals surface area contributed by atoms with E-state index >= 15 is 0 Å². The summed E-state index contributed by atoms with van der Waals surface area (Å²) in [5.41, 5.74) is 1.21. The van der Waals surface area contributed by atoms with Crippen molar-refractivity contribution in [3.8, 4) is 11.5 Å². The first-order chi connectivity index (χ1) is 13.6. The third kappa shape index (κ3) is 7.56. The van der Waals surface area contributed by atoms with E-state index in [2.05, 4.69) is 21.3 Å². The fourth-order valence-electron chi connectivity index (χ4n) is 3.45. The van der Waals surface area contributed by atoms with E-state index in [9.17, 15) is 4.79 Å². The monoisotopic (exact) mass is 519 g/mol. The Morgan fingerprint density at radius 3 is 2.48 bits per heavy atom. The molecule has 2 rings (SSSR count). The number of hydrogen-bond donors (Lipinski definition) is 1. The molecule has 1 aliphatic rings. The molecule has 0 atom stereocenters. The van der Waals surface area contributed by atoms with E-state index in [0.717, 1.165) is 62.8 Å². The highest BCUT2D eigenvalue weighted by molar-refractivity contribution is 14.0. The van der Waals surface area contributed by atoms with Gasteiger partial charge in [0, 0.05) is 26.7 Å². The van der Waals surface area contributed by atoms with Gasteiger partial charge in [-0.2, -0.15) is 0 Å². The molecule has 1 aromatic rings. The number of rotatable bonds is 8. The molecule has 1 saturated heterocycles. The number of carbonyl (C=O) groups is 1. The Bertz CT molecular complexity index is 661. The number of likely N-dealkylation sites (tertiary alicyclic amines) is 1. The van der Waals surface area contributed by atoms with Crippen molar-refractivity contribution in [3.63, 3.8) is 0 Å². The number of aryl methyl sites for hydroxylation is 1. The number of benzene rings is 1. The molecule has 1 aliphatic heterocycles. The van der Waals surface area contributed by atoms with E-state index < -0.39 is 0 Å². The first-order valence-corrected chi connectivity index (χ1v) is 9.96. The van der Waals surface area contributed by atoms with E-state index in [1.54, 1.807) is 21.3 Å². The van der Waals surface area contributed by atoms with Crippen LogP contribution in [0.2, 0.25) is 0 Å². The smallest absolute Gasteiger partial charge is 0.309 e. The van der Waals surface area contributed by atoms with Gasteiger partial charge in [0.15, 0.2) is 17.5 Å². The summed E-state index contributed by atoms with van der Waals surface area (Å²) in [7, 11) is 5.09. The minimum Gasteiger partial charge on any atom is -0.493 e. The maximum absolute atomic E-state index is 11.9. The van der Waals surface area contributed by atoms with E-state index in [4.69, 9.17) is 14.2 Å². The Morgan fingerprint density at radius 2 is 1.90 bits per heavy atom. The molecule has 8 heteroatoms. The maximum atomic E-state index is 11.9. The number of hydrogen-bond acceptors (Lipinski definition) is 5. The number of nitrogens with zero attached hydrogens (tertiary/aromatic N) is 2. The number of ether oxygens (including phenoxy) is 3. The SMILES string of the molecule is CCOC(=O)C1CCN(C(=NC)NCCCc2ccc(OC)c(OC)c2)CC1.I. The molecule has 0 unspecified atom stereocenters. The Labute approximate surface area is 191 Å². The first kappa shape index (κ1) is 25.3. The fraction of sp³-hybridized carbons (Fsp3) is 0.619. The molecular formula is C21H34IN3O4. The van der Waals surface area contributed by atoms with Gasteiger partial charge in [-0.25, -0.2) is 0 Å². The lowest BCUT2D eigenvalue weighted by molar-refractivity contribution is -0.149. The average molecular weight is 519 g/mol. The normalized spacial score (nSPS) is 14.8. The van der Waals surface area contributed by atoms with Gasteiger partial charge in [-0.15, -0.1) is 24.0 Å². The molecule has 0 amide bonds. The third-order valence-corrected chi connectivity index (χ3v) is 5.00. The minimum atomic E-state index is -0.0694. The van der Waals surface area contributed by atoms with Crippen molar-refractivity contribution in [2.75, 3.05) is 47.5 Å². The van der Waals surface area contributed by atoms with E-state index in [0.29, 0.717) is 6.61 Å². The molecule has 29 heavy (non-hydrogen) atoms. The molecule has 1 heterocycles. The average Bonchev–Trinajstić information content (AvgIpc) is 2.74. The summed E-state index contributed by atoms with van der Waals surface area (Å²) in [6.07, 6.45) is 3.54. The van der Waals surface area contributed by atoms with Crippen LogP contribution in [0, 0.1) is 5.92 Å². The Kier molecular flexibility index (Phi) is 11.8. The van der Waals surface area contributed by atoms with Crippen LogP contribution >= 0.6 is 24.0 Å². The van der Waals surface area contributed by atoms with E-state index in [-0.39, 0.29) is 35.9 Å². The topological polar surface area (TPSA) is 72.4 Å². The Balaban J connectivity index is 0.00000420. The van der Waals surface area contributed by atoms with Gasteiger partial charge in [-0.3, -0.25) is 9.79 Å². The summed E-state index contributed by atoms with van der Waals surface area (Å²) in [5.74, 6) is 2.35. The zero-order valence-corrected chi connectivity index (χ0v) is 20.2. The molecule has 7 nitrogen and oxygen atoms in total. The highest BCUT2D eigenvalue weighted by atomic mass is 127. The largest absolute Gasteiger partial charge is 0.493 e. The van der Waals surface area contributed by atoms with Crippen LogP contribution in [0.1, 0.15) is 31.7 Å². The lowest BCUT2D eigenvalue weighted by Crippen LogP contribution is -2.47. The molecule has 0 aromatic heterocycles. The molecule has 0 spiro atoms. The Morgan fingerprint density at radius 1 is 1.21 bits per heavy atom. The molecular weight excluding hydrogens is 485 g/mol. The number of esters is 1. The van der Waals surface area contributed by atoms with Crippen molar-refractivity contribution < 1.29 is 19.0 Å². The number of carbonyl (C=O) groups excluding carboxylic acids is 1. The molecule has 0 radical (unpaired) electrons. The number of halogens is 1. The van der Waals surface area contributed by atoms with Crippen molar-refractivity contribution in [1.29, 1.82) is 0 Å². The van der Waals surface area contributed by atoms with Gasteiger partial charge in [0.25, 0.3) is 0 Å². The van der Waals surface area contributed by atoms with Crippen LogP contribution in [0.3, 0.4) is 0 Å². The fourth-order valence-corrected chi connectivity index (χ4v) is 3.45. The quantitative estimate of drug-likeness (QED) is 0.187. The van der Waals surface area contributed by atoms with Crippen molar-refractivity contribution >= 4 is 35.9 Å². The van der Waals surface area contributed by atoms with Gasteiger partial charge in [0.05, 0.1) is 26.7 Å². The van der Waals surface area contributed by atoms with Crippen LogP contribution in [-0.2, 0) is 16.0 Å². The molecule has 0 aliphatic carbocycles. The predicted octanol–water partition coefficient (Wildman–Crippen LogP) is 3.10. The predicted molar refractivity (Wildman–Crippen MR) is 126 cm³/mol. The van der Waals surface area contributed by atoms with Crippen LogP contribution < -0.4 is 14.8 Å². The van der Waals surface area contributed by atoms with Crippen molar-refractivity contribution in [2.45, 2.75) is 32.6 Å². The van der Waals surface area contributed by atoms with Gasteiger partial charge in [0.1, 0.15) is 0 Å². The maximum Gasteiger partial charge on any atom is 0.309 e. The molecule has 0 bridgehead atoms. The second-order valence-electron chi connectivity index (χ2n) is 6.78. The molecule has 0 saturated carbocycles. The molecule has 1 aromatic carbocycles. The van der Waals surface area contributed by atoms with Gasteiger partial charge < -0.3 is 24.4 Å². The second-order valence-corrected chi connectivity index (χ2v) is 6.78. The summed E-state index contributed by atoms with van der Waals surface area (Å²) < 4.78 is 15.8. The summed E-state index contributed by atoms with van der Waals surface area (Å²) in [4.78, 5) is 18.5. The summed E-state index contributed by atoms with van der Waals surface area (Å²) in [6.45, 7) is 4.76. The number of nitrogens with one attached hydrogen (secondary N) is 1. The van der Waals surface area contributed by atoms with Gasteiger partial charge in [-0.05, 0) is 50.3 Å². The minimum absolute atomic E-state index is 0. The Hall–Kier alpha value is -1.71. The molecule has 1 fully saturated rings. The van der Waals surface area contributed by atoms with Gasteiger partial charge in [0.2, 0.25) is 0 Å². The lowest BCUT2D eigenvalue weighted by atomic mass is 9.97. The third-order valence-electron chi connectivity index (χ3n) is 5.00. The standard InChI is InChI=1S/C21H33N3O4.HI/c1-5-28-20(25)17-10-13-24(14-11-17)21(22-2)23-12-6-7-16-8-9-18(26-3)19(15-16)27-4;/h8-9,15,17H,5-7,10-14H2,1-4H3,(H,22,23);1H. The zero-order valence-electron chi connectivity index (χ0n) is 17.9. The highest BCUT2D eigenvalue weighted by Crippen LogP contribution is 2.27. The van der Waals surface area contributed by atoms with Crippen LogP contribution in [0.15, 0.2) is 23.2 Å². The van der Waals surface area contributed by atoms with Gasteiger partial charge >= 0.3 is 5.97 Å². The van der Waals surface area contributed by atoms with Gasteiger partial charge in [-0.1, -0.05) is 6.07 Å². The van der Waals surface area contributed by atoms with E-state index in [1.165, 1.54) is 5.56 Å². The van der Waals surface area contributed by atoms with Crippen LogP contribution in [0.4, 0.5) is 0 Å². The van der Waals surface area contributed by atoms with E-state index in [1.807, 2.05) is 19.1 Å². The lowest BCUT2D eigenvalue weighted by Gasteiger charge is -2.33. The second kappa shape index (κ2) is 13.5. The van der Waals surface area contributed by atoms with Crippen molar-refractivity contribution in [2.24, 2.45) is 10.9 Å². The summed E-state index contributed by atoms with van der Waals surface area (Å²) in [6, 6.07) is 6.03. The van der Waals surface area contributed by atoms with Crippen LogP contribution in [0.25, 0.3) is 0 Å². The number of piperidine rings is 1. The summed E-state index contributed by atoms with van der Waals surface area (Å²) in [5, 5.41) is 3.43. The first-order valence-electron chi connectivity index (χ1n) is 9.96. The van der Waals surface area contributed by atoms with Crippen molar-refractivity contribution in [3.05, 3.63) is 23.8 Å². The molecule has 1 N–H and O–H groups in total. The zero-order chi connectivity index (χ0) is 20.4. The van der Waals surface area contributed by atoms with Crippen molar-refractivity contribution in [1.82, 2.24) is 10.2 Å². The highest BCUT2D eigenvalue weighted by Gasteiger charge is 2.27.